The Morgan fingerprint density at radius 2 is 1.83 bits per heavy atom. The zero-order valence-electron chi connectivity index (χ0n) is 16.5. The molecule has 0 saturated heterocycles. The van der Waals surface area contributed by atoms with E-state index >= 15 is 0 Å². The van der Waals surface area contributed by atoms with Crippen LogP contribution in [0.5, 0.6) is 0 Å². The quantitative estimate of drug-likeness (QED) is 0.562. The summed E-state index contributed by atoms with van der Waals surface area (Å²) in [4.78, 5) is 25.5. The molecule has 0 bridgehead atoms. The van der Waals surface area contributed by atoms with Crippen molar-refractivity contribution in [2.75, 3.05) is 11.4 Å². The Bertz CT molecular complexity index is 938. The van der Waals surface area contributed by atoms with Gasteiger partial charge >= 0.3 is 0 Å². The van der Waals surface area contributed by atoms with Crippen molar-refractivity contribution < 1.29 is 14.0 Å². The highest BCUT2D eigenvalue weighted by molar-refractivity contribution is 5.95. The number of hydrogen-bond donors (Lipinski definition) is 1. The SMILES string of the molecule is O=CCCN(c1ccc(C(=O)NC2CCCCC2)cc1)c1cc2ccccc2o1. The van der Waals surface area contributed by atoms with Gasteiger partial charge in [0.1, 0.15) is 11.9 Å². The van der Waals surface area contributed by atoms with Crippen LogP contribution in [0.1, 0.15) is 48.9 Å². The van der Waals surface area contributed by atoms with Crippen LogP contribution in [0, 0.1) is 0 Å². The van der Waals surface area contributed by atoms with E-state index in [0.29, 0.717) is 24.4 Å². The fourth-order valence-corrected chi connectivity index (χ4v) is 3.96. The summed E-state index contributed by atoms with van der Waals surface area (Å²) >= 11 is 0. The van der Waals surface area contributed by atoms with Gasteiger partial charge in [-0.25, -0.2) is 0 Å². The van der Waals surface area contributed by atoms with E-state index in [2.05, 4.69) is 5.32 Å². The molecular weight excluding hydrogens is 364 g/mol. The van der Waals surface area contributed by atoms with E-state index < -0.39 is 0 Å². The number of nitrogens with zero attached hydrogens (tertiary/aromatic N) is 1. The highest BCUT2D eigenvalue weighted by atomic mass is 16.4. The molecule has 3 aromatic rings. The Labute approximate surface area is 170 Å². The smallest absolute Gasteiger partial charge is 0.251 e. The molecule has 1 aliphatic carbocycles. The van der Waals surface area contributed by atoms with Gasteiger partial charge in [-0.3, -0.25) is 4.79 Å². The number of aldehydes is 1. The van der Waals surface area contributed by atoms with E-state index in [9.17, 15) is 9.59 Å². The van der Waals surface area contributed by atoms with E-state index in [0.717, 1.165) is 35.8 Å². The third kappa shape index (κ3) is 4.50. The van der Waals surface area contributed by atoms with Crippen LogP contribution in [0.2, 0.25) is 0 Å². The molecule has 1 heterocycles. The minimum atomic E-state index is -0.0216. The van der Waals surface area contributed by atoms with Gasteiger partial charge in [-0.1, -0.05) is 37.5 Å². The number of carbonyl (C=O) groups is 2. The number of rotatable bonds is 7. The lowest BCUT2D eigenvalue weighted by atomic mass is 9.95. The molecule has 1 aromatic heterocycles. The van der Waals surface area contributed by atoms with Gasteiger partial charge in [0.15, 0.2) is 0 Å². The maximum atomic E-state index is 12.6. The molecule has 0 unspecified atom stereocenters. The lowest BCUT2D eigenvalue weighted by Gasteiger charge is -2.23. The maximum Gasteiger partial charge on any atom is 0.251 e. The van der Waals surface area contributed by atoms with Crippen molar-refractivity contribution >= 4 is 34.7 Å². The maximum absolute atomic E-state index is 12.6. The molecule has 1 saturated carbocycles. The van der Waals surface area contributed by atoms with Gasteiger partial charge in [0.25, 0.3) is 5.91 Å². The average Bonchev–Trinajstić information content (AvgIpc) is 3.19. The van der Waals surface area contributed by atoms with E-state index in [4.69, 9.17) is 4.42 Å². The van der Waals surface area contributed by atoms with Gasteiger partial charge in [-0.2, -0.15) is 0 Å². The summed E-state index contributed by atoms with van der Waals surface area (Å²) in [7, 11) is 0. The van der Waals surface area contributed by atoms with Crippen molar-refractivity contribution in [2.24, 2.45) is 0 Å². The monoisotopic (exact) mass is 390 g/mol. The first-order valence-corrected chi connectivity index (χ1v) is 10.4. The molecule has 0 aliphatic heterocycles. The second-order valence-corrected chi connectivity index (χ2v) is 7.58. The number of carbonyl (C=O) groups excluding carboxylic acids is 2. The predicted octanol–water partition coefficient (Wildman–Crippen LogP) is 5.22. The summed E-state index contributed by atoms with van der Waals surface area (Å²) in [5, 5.41) is 4.17. The Kier molecular flexibility index (Phi) is 5.94. The van der Waals surface area contributed by atoms with Crippen molar-refractivity contribution in [3.63, 3.8) is 0 Å². The van der Waals surface area contributed by atoms with Gasteiger partial charge in [0.2, 0.25) is 5.88 Å². The Balaban J connectivity index is 1.53. The average molecular weight is 390 g/mol. The minimum absolute atomic E-state index is 0.0216. The van der Waals surface area contributed by atoms with E-state index in [1.807, 2.05) is 59.5 Å². The van der Waals surface area contributed by atoms with Gasteiger partial charge in [-0.05, 0) is 43.2 Å². The van der Waals surface area contributed by atoms with Crippen LogP contribution in [-0.4, -0.2) is 24.8 Å². The molecule has 1 N–H and O–H groups in total. The first-order valence-electron chi connectivity index (χ1n) is 10.4. The number of amides is 1. The molecular formula is C24H26N2O3. The van der Waals surface area contributed by atoms with E-state index in [-0.39, 0.29) is 11.9 Å². The van der Waals surface area contributed by atoms with Crippen molar-refractivity contribution in [1.82, 2.24) is 5.32 Å². The van der Waals surface area contributed by atoms with E-state index in [1.165, 1.54) is 19.3 Å². The van der Waals surface area contributed by atoms with Gasteiger partial charge in [-0.15, -0.1) is 0 Å². The molecule has 29 heavy (non-hydrogen) atoms. The van der Waals surface area contributed by atoms with Crippen molar-refractivity contribution in [2.45, 2.75) is 44.6 Å². The van der Waals surface area contributed by atoms with E-state index in [1.54, 1.807) is 0 Å². The van der Waals surface area contributed by atoms with Crippen LogP contribution in [0.15, 0.2) is 59.0 Å². The second kappa shape index (κ2) is 8.95. The van der Waals surface area contributed by atoms with Crippen molar-refractivity contribution in [1.29, 1.82) is 0 Å². The van der Waals surface area contributed by atoms with Crippen molar-refractivity contribution in [3.8, 4) is 0 Å². The van der Waals surface area contributed by atoms with Crippen LogP contribution in [-0.2, 0) is 4.79 Å². The molecule has 4 rings (SSSR count). The number of benzene rings is 2. The predicted molar refractivity (Wildman–Crippen MR) is 115 cm³/mol. The number of hydrogen-bond acceptors (Lipinski definition) is 4. The second-order valence-electron chi connectivity index (χ2n) is 7.58. The van der Waals surface area contributed by atoms with Crippen molar-refractivity contribution in [3.05, 3.63) is 60.2 Å². The highest BCUT2D eigenvalue weighted by Crippen LogP contribution is 2.31. The summed E-state index contributed by atoms with van der Waals surface area (Å²) in [5.74, 6) is 0.666. The lowest BCUT2D eigenvalue weighted by Crippen LogP contribution is -2.36. The highest BCUT2D eigenvalue weighted by Gasteiger charge is 2.18. The number of nitrogens with one attached hydrogen (secondary N) is 1. The number of fused-ring (bicyclic) bond motifs is 1. The minimum Gasteiger partial charge on any atom is -0.440 e. The summed E-state index contributed by atoms with van der Waals surface area (Å²) in [6.07, 6.45) is 7.06. The van der Waals surface area contributed by atoms with Crippen LogP contribution in [0.25, 0.3) is 11.0 Å². The summed E-state index contributed by atoms with van der Waals surface area (Å²) in [5.41, 5.74) is 2.35. The first kappa shape index (κ1) is 19.2. The fraction of sp³-hybridized carbons (Fsp3) is 0.333. The molecule has 1 fully saturated rings. The third-order valence-electron chi connectivity index (χ3n) is 5.53. The number of anilines is 2. The summed E-state index contributed by atoms with van der Waals surface area (Å²) < 4.78 is 5.99. The zero-order chi connectivity index (χ0) is 20.1. The summed E-state index contributed by atoms with van der Waals surface area (Å²) in [6, 6.07) is 17.6. The molecule has 2 aromatic carbocycles. The Morgan fingerprint density at radius 3 is 2.55 bits per heavy atom. The lowest BCUT2D eigenvalue weighted by molar-refractivity contribution is -0.107. The normalized spacial score (nSPS) is 14.6. The van der Waals surface area contributed by atoms with Gasteiger partial charge in [0, 0.05) is 41.7 Å². The molecule has 150 valence electrons. The van der Waals surface area contributed by atoms with Gasteiger partial charge in [0.05, 0.1) is 0 Å². The molecule has 0 spiro atoms. The Hall–Kier alpha value is -3.08. The van der Waals surface area contributed by atoms with Crippen LogP contribution >= 0.6 is 0 Å². The third-order valence-corrected chi connectivity index (χ3v) is 5.53. The van der Waals surface area contributed by atoms with Crippen LogP contribution in [0.4, 0.5) is 11.6 Å². The molecule has 5 nitrogen and oxygen atoms in total. The zero-order valence-corrected chi connectivity index (χ0v) is 16.5. The molecule has 1 aliphatic rings. The molecule has 0 radical (unpaired) electrons. The van der Waals surface area contributed by atoms with Gasteiger partial charge < -0.3 is 19.4 Å². The first-order chi connectivity index (χ1) is 14.2. The van der Waals surface area contributed by atoms with Crippen LogP contribution in [0.3, 0.4) is 0 Å². The Morgan fingerprint density at radius 1 is 1.07 bits per heavy atom. The molecule has 1 amide bonds. The number of furan rings is 1. The molecule has 5 heteroatoms. The fourth-order valence-electron chi connectivity index (χ4n) is 3.96. The standard InChI is InChI=1S/C24H26N2O3/c27-16-6-15-26(23-17-19-7-4-5-10-22(19)29-23)21-13-11-18(12-14-21)24(28)25-20-8-2-1-3-9-20/h4-5,7,10-14,16-17,20H,1-3,6,8-9,15H2,(H,25,28). The summed E-state index contributed by atoms with van der Waals surface area (Å²) in [6.45, 7) is 0.511. The van der Waals surface area contributed by atoms with Crippen LogP contribution < -0.4 is 10.2 Å². The number of para-hydroxylation sites is 1. The topological polar surface area (TPSA) is 62.6 Å². The largest absolute Gasteiger partial charge is 0.440 e. The molecule has 0 atom stereocenters.